The third-order valence-corrected chi connectivity index (χ3v) is 2.62. The van der Waals surface area contributed by atoms with E-state index in [0.29, 0.717) is 12.0 Å². The Morgan fingerprint density at radius 1 is 0.947 bits per heavy atom. The molecular formula is C15H20N4. The first-order chi connectivity index (χ1) is 9.24. The lowest BCUT2D eigenvalue weighted by Gasteiger charge is -2.08. The number of nitrogens with one attached hydrogen (secondary N) is 2. The van der Waals surface area contributed by atoms with Gasteiger partial charge in [0.1, 0.15) is 0 Å². The lowest BCUT2D eigenvalue weighted by Crippen LogP contribution is -2.15. The van der Waals surface area contributed by atoms with Gasteiger partial charge in [-0.1, -0.05) is 30.3 Å². The number of rotatable bonds is 6. The maximum absolute atomic E-state index is 4.28. The third kappa shape index (κ3) is 4.67. The molecule has 0 unspecified atom stereocenters. The van der Waals surface area contributed by atoms with Crippen molar-refractivity contribution >= 4 is 5.95 Å². The molecule has 1 aromatic carbocycles. The molecule has 0 bridgehead atoms. The lowest BCUT2D eigenvalue weighted by molar-refractivity contribution is 0.688. The van der Waals surface area contributed by atoms with Gasteiger partial charge in [0.2, 0.25) is 5.95 Å². The van der Waals surface area contributed by atoms with Crippen LogP contribution >= 0.6 is 0 Å². The Morgan fingerprint density at radius 2 is 1.58 bits per heavy atom. The molecule has 0 fully saturated rings. The third-order valence-electron chi connectivity index (χ3n) is 2.62. The van der Waals surface area contributed by atoms with Crippen molar-refractivity contribution in [1.29, 1.82) is 0 Å². The molecule has 0 aliphatic rings. The molecule has 100 valence electrons. The summed E-state index contributed by atoms with van der Waals surface area (Å²) < 4.78 is 0. The molecule has 0 aliphatic carbocycles. The van der Waals surface area contributed by atoms with Gasteiger partial charge in [0.25, 0.3) is 0 Å². The van der Waals surface area contributed by atoms with Crippen molar-refractivity contribution in [2.45, 2.75) is 33.0 Å². The quantitative estimate of drug-likeness (QED) is 0.834. The first-order valence-corrected chi connectivity index (χ1v) is 6.56. The van der Waals surface area contributed by atoms with Gasteiger partial charge < -0.3 is 10.6 Å². The van der Waals surface area contributed by atoms with Crippen LogP contribution in [0, 0.1) is 0 Å². The molecule has 0 aliphatic heterocycles. The Morgan fingerprint density at radius 3 is 2.21 bits per heavy atom. The highest BCUT2D eigenvalue weighted by Gasteiger charge is 1.99. The zero-order valence-corrected chi connectivity index (χ0v) is 11.4. The number of anilines is 1. The molecule has 0 saturated carbocycles. The molecule has 0 spiro atoms. The van der Waals surface area contributed by atoms with Crippen LogP contribution in [-0.2, 0) is 13.1 Å². The van der Waals surface area contributed by atoms with Crippen LogP contribution in [0.2, 0.25) is 0 Å². The van der Waals surface area contributed by atoms with Crippen LogP contribution in [0.15, 0.2) is 42.7 Å². The van der Waals surface area contributed by atoms with Gasteiger partial charge in [0.05, 0.1) is 0 Å². The fourth-order valence-electron chi connectivity index (χ4n) is 1.73. The van der Waals surface area contributed by atoms with Crippen molar-refractivity contribution in [3.05, 3.63) is 53.9 Å². The summed E-state index contributed by atoms with van der Waals surface area (Å²) in [4.78, 5) is 8.56. The number of hydrogen-bond donors (Lipinski definition) is 2. The summed E-state index contributed by atoms with van der Waals surface area (Å²) >= 11 is 0. The van der Waals surface area contributed by atoms with E-state index in [2.05, 4.69) is 46.6 Å². The van der Waals surface area contributed by atoms with Crippen molar-refractivity contribution in [2.75, 3.05) is 5.32 Å². The Balaban J connectivity index is 1.80. The van der Waals surface area contributed by atoms with E-state index in [4.69, 9.17) is 0 Å². The second kappa shape index (κ2) is 6.85. The van der Waals surface area contributed by atoms with E-state index >= 15 is 0 Å². The molecule has 19 heavy (non-hydrogen) atoms. The van der Waals surface area contributed by atoms with Crippen LogP contribution in [0.25, 0.3) is 0 Å². The molecule has 2 aromatic rings. The standard InChI is InChI=1S/C15H20N4/c1-12(2)19-15-17-10-14(11-18-15)9-16-8-13-6-4-3-5-7-13/h3-7,10-12,16H,8-9H2,1-2H3,(H,17,18,19). The Hall–Kier alpha value is -1.94. The monoisotopic (exact) mass is 256 g/mol. The summed E-state index contributed by atoms with van der Waals surface area (Å²) in [6, 6.07) is 10.7. The van der Waals surface area contributed by atoms with Crippen molar-refractivity contribution in [3.8, 4) is 0 Å². The molecule has 0 amide bonds. The molecule has 4 nitrogen and oxygen atoms in total. The summed E-state index contributed by atoms with van der Waals surface area (Å²) in [7, 11) is 0. The van der Waals surface area contributed by atoms with Crippen molar-refractivity contribution in [1.82, 2.24) is 15.3 Å². The summed E-state index contributed by atoms with van der Waals surface area (Å²) in [5.41, 5.74) is 2.37. The average Bonchev–Trinajstić information content (AvgIpc) is 2.41. The fraction of sp³-hybridized carbons (Fsp3) is 0.333. The smallest absolute Gasteiger partial charge is 0.222 e. The second-order valence-electron chi connectivity index (χ2n) is 4.80. The van der Waals surface area contributed by atoms with Crippen LogP contribution in [0.3, 0.4) is 0 Å². The second-order valence-corrected chi connectivity index (χ2v) is 4.80. The molecular weight excluding hydrogens is 236 g/mol. The van der Waals surface area contributed by atoms with Crippen LogP contribution in [0.4, 0.5) is 5.95 Å². The van der Waals surface area contributed by atoms with Crippen LogP contribution in [0.1, 0.15) is 25.0 Å². The molecule has 1 heterocycles. The van der Waals surface area contributed by atoms with Crippen molar-refractivity contribution < 1.29 is 0 Å². The van der Waals surface area contributed by atoms with E-state index in [-0.39, 0.29) is 0 Å². The number of hydrogen-bond acceptors (Lipinski definition) is 4. The minimum absolute atomic E-state index is 0.349. The largest absolute Gasteiger partial charge is 0.352 e. The van der Waals surface area contributed by atoms with Gasteiger partial charge in [-0.15, -0.1) is 0 Å². The minimum atomic E-state index is 0.349. The minimum Gasteiger partial charge on any atom is -0.352 e. The lowest BCUT2D eigenvalue weighted by atomic mass is 10.2. The average molecular weight is 256 g/mol. The summed E-state index contributed by atoms with van der Waals surface area (Å²) in [5.74, 6) is 0.682. The topological polar surface area (TPSA) is 49.8 Å². The Bertz CT molecular complexity index is 479. The summed E-state index contributed by atoms with van der Waals surface area (Å²) in [6.45, 7) is 5.76. The van der Waals surface area contributed by atoms with E-state index in [0.717, 1.165) is 18.7 Å². The van der Waals surface area contributed by atoms with E-state index in [1.807, 2.05) is 30.6 Å². The molecule has 2 rings (SSSR count). The van der Waals surface area contributed by atoms with Crippen molar-refractivity contribution in [2.24, 2.45) is 0 Å². The summed E-state index contributed by atoms with van der Waals surface area (Å²) in [5, 5.41) is 6.55. The SMILES string of the molecule is CC(C)Nc1ncc(CNCc2ccccc2)cn1. The number of aromatic nitrogens is 2. The molecule has 4 heteroatoms. The van der Waals surface area contributed by atoms with Crippen LogP contribution in [0.5, 0.6) is 0 Å². The van der Waals surface area contributed by atoms with E-state index < -0.39 is 0 Å². The zero-order chi connectivity index (χ0) is 13.5. The first-order valence-electron chi connectivity index (χ1n) is 6.56. The highest BCUT2D eigenvalue weighted by Crippen LogP contribution is 2.03. The van der Waals surface area contributed by atoms with E-state index in [1.165, 1.54) is 5.56 Å². The Kier molecular flexibility index (Phi) is 4.86. The predicted octanol–water partition coefficient (Wildman–Crippen LogP) is 2.59. The van der Waals surface area contributed by atoms with Gasteiger partial charge in [0, 0.05) is 37.1 Å². The fourth-order valence-corrected chi connectivity index (χ4v) is 1.73. The predicted molar refractivity (Wildman–Crippen MR) is 77.8 cm³/mol. The first kappa shape index (κ1) is 13.5. The van der Waals surface area contributed by atoms with Gasteiger partial charge in [-0.05, 0) is 19.4 Å². The maximum atomic E-state index is 4.28. The number of nitrogens with zero attached hydrogens (tertiary/aromatic N) is 2. The maximum Gasteiger partial charge on any atom is 0.222 e. The molecule has 1 aromatic heterocycles. The number of benzene rings is 1. The highest BCUT2D eigenvalue weighted by molar-refractivity contribution is 5.25. The normalized spacial score (nSPS) is 10.7. The van der Waals surface area contributed by atoms with Gasteiger partial charge in [0.15, 0.2) is 0 Å². The van der Waals surface area contributed by atoms with Gasteiger partial charge >= 0.3 is 0 Å². The van der Waals surface area contributed by atoms with Gasteiger partial charge in [-0.3, -0.25) is 0 Å². The van der Waals surface area contributed by atoms with Gasteiger partial charge in [-0.25, -0.2) is 9.97 Å². The Labute approximate surface area is 114 Å². The highest BCUT2D eigenvalue weighted by atomic mass is 15.1. The van der Waals surface area contributed by atoms with Crippen LogP contribution < -0.4 is 10.6 Å². The van der Waals surface area contributed by atoms with E-state index in [1.54, 1.807) is 0 Å². The van der Waals surface area contributed by atoms with Crippen LogP contribution in [-0.4, -0.2) is 16.0 Å². The zero-order valence-electron chi connectivity index (χ0n) is 11.4. The summed E-state index contributed by atoms with van der Waals surface area (Å²) in [6.07, 6.45) is 3.71. The molecule has 0 radical (unpaired) electrons. The molecule has 0 saturated heterocycles. The molecule has 0 atom stereocenters. The van der Waals surface area contributed by atoms with Gasteiger partial charge in [-0.2, -0.15) is 0 Å². The molecule has 2 N–H and O–H groups in total. The van der Waals surface area contributed by atoms with E-state index in [9.17, 15) is 0 Å². The van der Waals surface area contributed by atoms with Crippen molar-refractivity contribution in [3.63, 3.8) is 0 Å².